The lowest BCUT2D eigenvalue weighted by atomic mass is 9.95. The third-order valence-corrected chi connectivity index (χ3v) is 4.38. The second kappa shape index (κ2) is 6.55. The molecule has 1 aromatic carbocycles. The fourth-order valence-electron chi connectivity index (χ4n) is 3.11. The van der Waals surface area contributed by atoms with Crippen LogP contribution in [0.25, 0.3) is 17.1 Å². The Labute approximate surface area is 161 Å². The van der Waals surface area contributed by atoms with Crippen LogP contribution >= 0.6 is 0 Å². The zero-order valence-corrected chi connectivity index (χ0v) is 17.6. The third-order valence-electron chi connectivity index (χ3n) is 4.38. The summed E-state index contributed by atoms with van der Waals surface area (Å²) in [6.45, 7) is 17.0. The lowest BCUT2D eigenvalue weighted by molar-refractivity contribution is 0.533. The van der Waals surface area contributed by atoms with Gasteiger partial charge >= 0.3 is 0 Å². The Bertz CT molecular complexity index is 934. The van der Waals surface area contributed by atoms with E-state index in [-0.39, 0.29) is 10.8 Å². The molecular weight excluding hydrogens is 334 g/mol. The first-order chi connectivity index (χ1) is 12.5. The predicted octanol–water partition coefficient (Wildman–Crippen LogP) is 4.94. The lowest BCUT2D eigenvalue weighted by Crippen LogP contribution is -2.19. The van der Waals surface area contributed by atoms with Crippen LogP contribution in [0.2, 0.25) is 0 Å². The number of rotatable bonds is 2. The van der Waals surface area contributed by atoms with Crippen molar-refractivity contribution < 1.29 is 0 Å². The van der Waals surface area contributed by atoms with Gasteiger partial charge in [0.1, 0.15) is 11.6 Å². The van der Waals surface area contributed by atoms with Crippen LogP contribution in [0.5, 0.6) is 0 Å². The van der Waals surface area contributed by atoms with Crippen molar-refractivity contribution >= 4 is 0 Å². The lowest BCUT2D eigenvalue weighted by Gasteiger charge is -2.21. The maximum Gasteiger partial charge on any atom is 0.171 e. The van der Waals surface area contributed by atoms with Crippen LogP contribution in [0.15, 0.2) is 30.6 Å². The molecule has 3 aromatic rings. The second-order valence-corrected chi connectivity index (χ2v) is 9.32. The van der Waals surface area contributed by atoms with Gasteiger partial charge in [0.25, 0.3) is 0 Å². The topological polar surface area (TPSA) is 56.5 Å². The Kier molecular flexibility index (Phi) is 4.66. The van der Waals surface area contributed by atoms with Crippen LogP contribution in [0.1, 0.15) is 64.3 Å². The van der Waals surface area contributed by atoms with Crippen molar-refractivity contribution in [2.45, 2.75) is 66.2 Å². The fraction of sp³-hybridized carbons (Fsp3) is 0.455. The van der Waals surface area contributed by atoms with Crippen LogP contribution < -0.4 is 0 Å². The average molecular weight is 364 g/mol. The summed E-state index contributed by atoms with van der Waals surface area (Å²) in [5.74, 6) is 2.51. The number of hydrogen-bond donors (Lipinski definition) is 0. The van der Waals surface area contributed by atoms with E-state index in [4.69, 9.17) is 0 Å². The summed E-state index contributed by atoms with van der Waals surface area (Å²) in [5, 5.41) is 9.04. The normalized spacial score (nSPS) is 12.4. The number of benzene rings is 1. The minimum absolute atomic E-state index is 0.0869. The average Bonchev–Trinajstić information content (AvgIpc) is 2.98. The van der Waals surface area contributed by atoms with Gasteiger partial charge in [0.2, 0.25) is 0 Å². The summed E-state index contributed by atoms with van der Waals surface area (Å²) in [7, 11) is 0. The molecule has 0 spiro atoms. The highest BCUT2D eigenvalue weighted by atomic mass is 15.3. The van der Waals surface area contributed by atoms with Gasteiger partial charge in [-0.1, -0.05) is 47.6 Å². The molecule has 0 aliphatic carbocycles. The van der Waals surface area contributed by atoms with Crippen LogP contribution in [0.4, 0.5) is 0 Å². The molecular formula is C22H29N5. The molecule has 0 unspecified atom stereocenters. The van der Waals surface area contributed by atoms with Crippen LogP contribution in [0.3, 0.4) is 0 Å². The monoisotopic (exact) mass is 363 g/mol. The first kappa shape index (κ1) is 19.2. The smallest absolute Gasteiger partial charge is 0.171 e. The molecule has 0 radical (unpaired) electrons. The first-order valence-corrected chi connectivity index (χ1v) is 9.34. The Morgan fingerprint density at radius 1 is 0.741 bits per heavy atom. The standard InChI is InChI=1S/C22H29N5/c1-14-9-15(2)11-17(10-14)27-18(25-26-20(27)22(6,7)8)16-12-23-19(24-13-16)21(3,4)5/h9-13H,1-8H3. The van der Waals surface area contributed by atoms with Gasteiger partial charge < -0.3 is 0 Å². The van der Waals surface area contributed by atoms with E-state index in [1.54, 1.807) is 0 Å². The van der Waals surface area contributed by atoms with E-state index in [2.05, 4.69) is 98.3 Å². The maximum atomic E-state index is 4.58. The fourth-order valence-corrected chi connectivity index (χ4v) is 3.11. The molecule has 3 rings (SSSR count). The SMILES string of the molecule is Cc1cc(C)cc(-n2c(-c3cnc(C(C)(C)C)nc3)nnc2C(C)(C)C)c1. The van der Waals surface area contributed by atoms with Crippen LogP contribution in [0, 0.1) is 13.8 Å². The van der Waals surface area contributed by atoms with Crippen molar-refractivity contribution in [3.63, 3.8) is 0 Å². The van der Waals surface area contributed by atoms with Gasteiger partial charge in [-0.3, -0.25) is 4.57 Å². The third kappa shape index (κ3) is 3.92. The zero-order valence-electron chi connectivity index (χ0n) is 17.6. The molecule has 0 saturated heterocycles. The summed E-state index contributed by atoms with van der Waals surface area (Å²) in [4.78, 5) is 9.15. The van der Waals surface area contributed by atoms with E-state index >= 15 is 0 Å². The van der Waals surface area contributed by atoms with E-state index in [0.29, 0.717) is 0 Å². The van der Waals surface area contributed by atoms with Gasteiger partial charge in [-0.2, -0.15) is 0 Å². The van der Waals surface area contributed by atoms with Gasteiger partial charge in [-0.15, -0.1) is 10.2 Å². The molecule has 0 amide bonds. The number of hydrogen-bond acceptors (Lipinski definition) is 4. The molecule has 0 aliphatic heterocycles. The van der Waals surface area contributed by atoms with Gasteiger partial charge in [0.05, 0.1) is 5.56 Å². The largest absolute Gasteiger partial charge is 0.278 e. The Morgan fingerprint density at radius 2 is 1.30 bits per heavy atom. The van der Waals surface area contributed by atoms with E-state index < -0.39 is 0 Å². The van der Waals surface area contributed by atoms with Crippen molar-refractivity contribution in [1.82, 2.24) is 24.7 Å². The van der Waals surface area contributed by atoms with Gasteiger partial charge in [-0.25, -0.2) is 9.97 Å². The Balaban J connectivity index is 2.21. The summed E-state index contributed by atoms with van der Waals surface area (Å²) in [6.07, 6.45) is 3.70. The molecule has 142 valence electrons. The highest BCUT2D eigenvalue weighted by Crippen LogP contribution is 2.30. The highest BCUT2D eigenvalue weighted by Gasteiger charge is 2.26. The minimum atomic E-state index is -0.144. The number of aryl methyl sites for hydroxylation is 2. The van der Waals surface area contributed by atoms with Gasteiger partial charge in [0, 0.05) is 28.9 Å². The zero-order chi connectivity index (χ0) is 20.0. The van der Waals surface area contributed by atoms with Crippen molar-refractivity contribution in [2.24, 2.45) is 0 Å². The van der Waals surface area contributed by atoms with Crippen molar-refractivity contribution in [3.05, 3.63) is 53.4 Å². The summed E-state index contributed by atoms with van der Waals surface area (Å²) in [5.41, 5.74) is 4.13. The molecule has 0 aliphatic rings. The summed E-state index contributed by atoms with van der Waals surface area (Å²) in [6, 6.07) is 6.50. The molecule has 0 N–H and O–H groups in total. The molecule has 0 atom stereocenters. The molecule has 0 bridgehead atoms. The highest BCUT2D eigenvalue weighted by molar-refractivity contribution is 5.58. The van der Waals surface area contributed by atoms with Gasteiger partial charge in [0.15, 0.2) is 5.82 Å². The molecule has 27 heavy (non-hydrogen) atoms. The summed E-state index contributed by atoms with van der Waals surface area (Å²) < 4.78 is 2.13. The van der Waals surface area contributed by atoms with Crippen molar-refractivity contribution in [2.75, 3.05) is 0 Å². The van der Waals surface area contributed by atoms with E-state index in [0.717, 1.165) is 28.7 Å². The first-order valence-electron chi connectivity index (χ1n) is 9.34. The van der Waals surface area contributed by atoms with E-state index in [9.17, 15) is 0 Å². The maximum absolute atomic E-state index is 4.58. The molecule has 2 heterocycles. The Hall–Kier alpha value is -2.56. The molecule has 5 heteroatoms. The van der Waals surface area contributed by atoms with Crippen molar-refractivity contribution in [1.29, 1.82) is 0 Å². The summed E-state index contributed by atoms with van der Waals surface area (Å²) >= 11 is 0. The van der Waals surface area contributed by atoms with Gasteiger partial charge in [-0.05, 0) is 37.1 Å². The van der Waals surface area contributed by atoms with Crippen LogP contribution in [-0.4, -0.2) is 24.7 Å². The second-order valence-electron chi connectivity index (χ2n) is 9.32. The predicted molar refractivity (Wildman–Crippen MR) is 109 cm³/mol. The van der Waals surface area contributed by atoms with E-state index in [1.165, 1.54) is 11.1 Å². The minimum Gasteiger partial charge on any atom is -0.278 e. The molecule has 0 fully saturated rings. The molecule has 5 nitrogen and oxygen atoms in total. The van der Waals surface area contributed by atoms with E-state index in [1.807, 2.05) is 12.4 Å². The quantitative estimate of drug-likeness (QED) is 0.647. The molecule has 0 saturated carbocycles. The van der Waals surface area contributed by atoms with Crippen molar-refractivity contribution in [3.8, 4) is 17.1 Å². The van der Waals surface area contributed by atoms with Crippen LogP contribution in [-0.2, 0) is 10.8 Å². The number of nitrogens with zero attached hydrogens (tertiary/aromatic N) is 5. The number of aromatic nitrogens is 5. The Morgan fingerprint density at radius 3 is 1.78 bits per heavy atom. The molecule has 2 aromatic heterocycles.